The minimum Gasteiger partial charge on any atom is -0.462 e. The number of rotatable bonds is 16. The molecule has 0 saturated heterocycles. The van der Waals surface area contributed by atoms with Gasteiger partial charge >= 0.3 is 5.97 Å². The van der Waals surface area contributed by atoms with Crippen LogP contribution in [-0.2, 0) is 35.2 Å². The van der Waals surface area contributed by atoms with Crippen LogP contribution in [0, 0.1) is 5.41 Å². The van der Waals surface area contributed by atoms with Gasteiger partial charge in [-0.25, -0.2) is 4.79 Å². The molecule has 0 saturated carbocycles. The molecular weight excluding hydrogens is 508 g/mol. The number of carbonyl (C=O) groups excluding carboxylic acids is 1. The van der Waals surface area contributed by atoms with Crippen LogP contribution in [0.25, 0.3) is 22.3 Å². The average Bonchev–Trinajstić information content (AvgIpc) is 3.01. The van der Waals surface area contributed by atoms with Gasteiger partial charge in [-0.2, -0.15) is 0 Å². The Bertz CT molecular complexity index is 1280. The van der Waals surface area contributed by atoms with Crippen LogP contribution < -0.4 is 0 Å². The van der Waals surface area contributed by atoms with Crippen LogP contribution in [0.3, 0.4) is 0 Å². The van der Waals surface area contributed by atoms with Gasteiger partial charge in [0, 0.05) is 11.0 Å². The molecule has 4 heteroatoms. The molecule has 0 bridgehead atoms. The summed E-state index contributed by atoms with van der Waals surface area (Å²) in [6.45, 7) is 12.2. The Kier molecular flexibility index (Phi) is 12.4. The predicted molar refractivity (Wildman–Crippen MR) is 170 cm³/mol. The van der Waals surface area contributed by atoms with Crippen molar-refractivity contribution in [3.63, 3.8) is 0 Å². The lowest BCUT2D eigenvalue weighted by Gasteiger charge is -2.28. The minimum absolute atomic E-state index is 0.0356. The Morgan fingerprint density at radius 3 is 1.93 bits per heavy atom. The fourth-order valence-electron chi connectivity index (χ4n) is 5.39. The molecule has 0 aromatic heterocycles. The van der Waals surface area contributed by atoms with Gasteiger partial charge in [-0.05, 0) is 103 Å². The van der Waals surface area contributed by atoms with E-state index in [1.807, 2.05) is 6.92 Å². The lowest BCUT2D eigenvalue weighted by Crippen LogP contribution is -2.29. The van der Waals surface area contributed by atoms with Gasteiger partial charge in [-0.1, -0.05) is 88.0 Å². The molecule has 0 atom stereocenters. The zero-order chi connectivity index (χ0) is 29.8. The van der Waals surface area contributed by atoms with E-state index in [4.69, 9.17) is 4.74 Å². The first-order valence-corrected chi connectivity index (χ1v) is 15.2. The topological polar surface area (TPSA) is 66.8 Å². The first kappa shape index (κ1) is 32.3. The number of benzene rings is 3. The molecule has 0 fully saturated rings. The molecule has 4 nitrogen and oxygen atoms in total. The highest BCUT2D eigenvalue weighted by molar-refractivity contribution is 5.86. The minimum atomic E-state index is -0.368. The molecule has 0 heterocycles. The zero-order valence-corrected chi connectivity index (χ0v) is 25.5. The van der Waals surface area contributed by atoms with Crippen molar-refractivity contribution in [2.75, 3.05) is 19.8 Å². The summed E-state index contributed by atoms with van der Waals surface area (Å²) >= 11 is 0. The highest BCUT2D eigenvalue weighted by Crippen LogP contribution is 2.33. The molecule has 0 amide bonds. The number of esters is 1. The van der Waals surface area contributed by atoms with Gasteiger partial charge in [-0.3, -0.25) is 0 Å². The molecule has 2 N–H and O–H groups in total. The van der Waals surface area contributed by atoms with Gasteiger partial charge in [0.2, 0.25) is 0 Å². The van der Waals surface area contributed by atoms with Gasteiger partial charge in [0.05, 0.1) is 19.8 Å². The maximum Gasteiger partial charge on any atom is 0.333 e. The summed E-state index contributed by atoms with van der Waals surface area (Å²) < 4.78 is 5.20. The maximum absolute atomic E-state index is 11.5. The summed E-state index contributed by atoms with van der Waals surface area (Å²) in [4.78, 5) is 11.5. The van der Waals surface area contributed by atoms with Crippen LogP contribution in [0.15, 0.2) is 72.8 Å². The molecule has 3 rings (SSSR count). The number of carbonyl (C=O) groups is 1. The number of hydrogen-bond donors (Lipinski definition) is 2. The van der Waals surface area contributed by atoms with E-state index >= 15 is 0 Å². The monoisotopic (exact) mass is 556 g/mol. The van der Waals surface area contributed by atoms with Crippen LogP contribution in [0.4, 0.5) is 0 Å². The summed E-state index contributed by atoms with van der Waals surface area (Å²) in [6, 6.07) is 22.3. The lowest BCUT2D eigenvalue weighted by molar-refractivity contribution is -0.139. The number of hydrogen-bond acceptors (Lipinski definition) is 4. The van der Waals surface area contributed by atoms with Crippen LogP contribution in [0.1, 0.15) is 75.6 Å². The van der Waals surface area contributed by atoms with Crippen molar-refractivity contribution in [3.8, 4) is 22.3 Å². The maximum atomic E-state index is 11.5. The molecule has 0 radical (unpaired) electrons. The zero-order valence-electron chi connectivity index (χ0n) is 25.5. The van der Waals surface area contributed by atoms with Crippen LogP contribution in [0.5, 0.6) is 0 Å². The lowest BCUT2D eigenvalue weighted by atomic mass is 9.81. The Balaban J connectivity index is 1.70. The van der Waals surface area contributed by atoms with Gasteiger partial charge in [0.15, 0.2) is 0 Å². The van der Waals surface area contributed by atoms with Crippen molar-refractivity contribution < 1.29 is 19.7 Å². The van der Waals surface area contributed by atoms with E-state index < -0.39 is 0 Å². The number of aliphatic hydroxyl groups is 2. The molecule has 0 aliphatic rings. The van der Waals surface area contributed by atoms with E-state index in [9.17, 15) is 15.0 Å². The van der Waals surface area contributed by atoms with Crippen molar-refractivity contribution in [1.82, 2.24) is 0 Å². The van der Waals surface area contributed by atoms with Crippen molar-refractivity contribution >= 4 is 5.97 Å². The summed E-state index contributed by atoms with van der Waals surface area (Å²) in [5, 5.41) is 19.5. The molecule has 0 aliphatic carbocycles. The predicted octanol–water partition coefficient (Wildman–Crippen LogP) is 7.90. The largest absolute Gasteiger partial charge is 0.462 e. The number of aliphatic hydroxyl groups excluding tert-OH is 2. The van der Waals surface area contributed by atoms with Crippen LogP contribution in [0.2, 0.25) is 0 Å². The summed E-state index contributed by atoms with van der Waals surface area (Å²) in [5.41, 5.74) is 10.3. The van der Waals surface area contributed by atoms with Crippen molar-refractivity contribution in [2.24, 2.45) is 5.41 Å². The Morgan fingerprint density at radius 1 is 0.780 bits per heavy atom. The van der Waals surface area contributed by atoms with Crippen molar-refractivity contribution in [1.29, 1.82) is 0 Å². The van der Waals surface area contributed by atoms with E-state index in [1.165, 1.54) is 44.5 Å². The highest BCUT2D eigenvalue weighted by Gasteiger charge is 2.25. The third-order valence-electron chi connectivity index (χ3n) is 8.40. The Labute approximate surface area is 247 Å². The van der Waals surface area contributed by atoms with Crippen molar-refractivity contribution in [2.45, 2.75) is 79.1 Å². The number of ether oxygens (including phenoxy) is 1. The first-order valence-electron chi connectivity index (χ1n) is 15.2. The standard InChI is InChI=1S/C37H48O4/c1-6-30-23-29(11-9-21-37(8-3,25-38)26-39)15-19-34(30)35-20-18-33(24-31(35)7-2)32-16-13-28(14-17-32)12-10-22-41-36(40)27(4)5/h13-20,23-24,38-39H,4,6-12,21-22,25-26H2,1-3,5H3. The number of aryl methyl sites for hydroxylation is 4. The molecular formula is C37H48O4. The van der Waals surface area contributed by atoms with Gasteiger partial charge in [-0.15, -0.1) is 0 Å². The molecule has 0 spiro atoms. The van der Waals surface area contributed by atoms with E-state index in [0.29, 0.717) is 12.2 Å². The molecule has 0 unspecified atom stereocenters. The Hall–Kier alpha value is -3.21. The molecule has 3 aromatic carbocycles. The van der Waals surface area contributed by atoms with Crippen molar-refractivity contribution in [3.05, 3.63) is 95.1 Å². The highest BCUT2D eigenvalue weighted by atomic mass is 16.5. The van der Waals surface area contributed by atoms with E-state index in [-0.39, 0.29) is 24.6 Å². The molecule has 41 heavy (non-hydrogen) atoms. The van der Waals surface area contributed by atoms with Gasteiger partial charge in [0.25, 0.3) is 0 Å². The molecule has 0 aliphatic heterocycles. The van der Waals surface area contributed by atoms with Crippen LogP contribution >= 0.6 is 0 Å². The second-order valence-electron chi connectivity index (χ2n) is 11.3. The second-order valence-corrected chi connectivity index (χ2v) is 11.3. The SMILES string of the molecule is C=C(C)C(=O)OCCCc1ccc(-c2ccc(-c3ccc(CCCC(CC)(CO)CO)cc3CC)c(CC)c2)cc1. The van der Waals surface area contributed by atoms with E-state index in [1.54, 1.807) is 6.92 Å². The smallest absolute Gasteiger partial charge is 0.333 e. The van der Waals surface area contributed by atoms with E-state index in [2.05, 4.69) is 81.1 Å². The van der Waals surface area contributed by atoms with Gasteiger partial charge < -0.3 is 14.9 Å². The average molecular weight is 557 g/mol. The van der Waals surface area contributed by atoms with E-state index in [0.717, 1.165) is 51.4 Å². The van der Waals surface area contributed by atoms with Crippen LogP contribution in [-0.4, -0.2) is 36.0 Å². The normalized spacial score (nSPS) is 11.5. The first-order chi connectivity index (χ1) is 19.8. The molecule has 220 valence electrons. The summed E-state index contributed by atoms with van der Waals surface area (Å²) in [5.74, 6) is -0.325. The molecule has 3 aromatic rings. The summed E-state index contributed by atoms with van der Waals surface area (Å²) in [7, 11) is 0. The quantitative estimate of drug-likeness (QED) is 0.107. The third-order valence-corrected chi connectivity index (χ3v) is 8.40. The third kappa shape index (κ3) is 8.64. The summed E-state index contributed by atoms with van der Waals surface area (Å²) in [6.07, 6.45) is 7.08. The Morgan fingerprint density at radius 2 is 1.34 bits per heavy atom. The fraction of sp³-hybridized carbons (Fsp3) is 0.432. The fourth-order valence-corrected chi connectivity index (χ4v) is 5.39. The van der Waals surface area contributed by atoms with Gasteiger partial charge in [0.1, 0.15) is 0 Å². The second kappa shape index (κ2) is 15.7.